The molecule has 1 aromatic heterocycles. The summed E-state index contributed by atoms with van der Waals surface area (Å²) in [6.07, 6.45) is 1.58. The van der Waals surface area contributed by atoms with Crippen LogP contribution in [-0.2, 0) is 17.9 Å². The number of furan rings is 1. The Bertz CT molecular complexity index is 535. The average molecular weight is 274 g/mol. The van der Waals surface area contributed by atoms with Gasteiger partial charge in [0.15, 0.2) is 0 Å². The number of nitrogens with one attached hydrogen (secondary N) is 2. The molecular formula is C15H18N2O3. The van der Waals surface area contributed by atoms with Crippen molar-refractivity contribution < 1.29 is 14.3 Å². The molecule has 0 aliphatic rings. The van der Waals surface area contributed by atoms with Gasteiger partial charge in [0, 0.05) is 6.54 Å². The first-order valence-corrected chi connectivity index (χ1v) is 6.46. The number of hydrogen-bond donors (Lipinski definition) is 3. The monoisotopic (exact) mass is 274 g/mol. The Morgan fingerprint density at radius 2 is 2.00 bits per heavy atom. The summed E-state index contributed by atoms with van der Waals surface area (Å²) in [6.45, 7) is 2.75. The van der Waals surface area contributed by atoms with E-state index in [0.717, 1.165) is 11.3 Å². The number of carbonyl (C=O) groups excluding carboxylic acids is 1. The quantitative estimate of drug-likeness (QED) is 0.750. The predicted molar refractivity (Wildman–Crippen MR) is 75.0 cm³/mol. The first kappa shape index (κ1) is 14.1. The molecule has 0 aliphatic carbocycles. The molecule has 2 rings (SSSR count). The topological polar surface area (TPSA) is 74.5 Å². The van der Waals surface area contributed by atoms with Crippen LogP contribution in [0.4, 0.5) is 0 Å². The Balaban J connectivity index is 1.74. The summed E-state index contributed by atoms with van der Waals surface area (Å²) in [5, 5.41) is 15.1. The fourth-order valence-corrected chi connectivity index (χ4v) is 1.72. The van der Waals surface area contributed by atoms with E-state index in [9.17, 15) is 9.90 Å². The van der Waals surface area contributed by atoms with Gasteiger partial charge in [-0.1, -0.05) is 12.1 Å². The number of amides is 1. The molecular weight excluding hydrogens is 256 g/mol. The summed E-state index contributed by atoms with van der Waals surface area (Å²) in [5.74, 6) is 0.877. The lowest BCUT2D eigenvalue weighted by atomic mass is 10.2. The van der Waals surface area contributed by atoms with Gasteiger partial charge in [0.05, 0.1) is 18.8 Å². The van der Waals surface area contributed by atoms with E-state index in [1.807, 2.05) is 18.2 Å². The first-order chi connectivity index (χ1) is 9.65. The molecule has 1 atom stereocenters. The largest absolute Gasteiger partial charge is 0.508 e. The van der Waals surface area contributed by atoms with Crippen molar-refractivity contribution in [1.29, 1.82) is 0 Å². The van der Waals surface area contributed by atoms with Gasteiger partial charge in [0.25, 0.3) is 0 Å². The van der Waals surface area contributed by atoms with Crippen molar-refractivity contribution >= 4 is 5.91 Å². The van der Waals surface area contributed by atoms with Crippen molar-refractivity contribution in [3.05, 3.63) is 54.0 Å². The smallest absolute Gasteiger partial charge is 0.237 e. The van der Waals surface area contributed by atoms with Crippen LogP contribution in [0.1, 0.15) is 18.2 Å². The average Bonchev–Trinajstić information content (AvgIpc) is 2.97. The third kappa shape index (κ3) is 4.13. The normalized spacial score (nSPS) is 12.1. The van der Waals surface area contributed by atoms with Crippen molar-refractivity contribution in [2.24, 2.45) is 0 Å². The Morgan fingerprint density at radius 3 is 2.65 bits per heavy atom. The highest BCUT2D eigenvalue weighted by molar-refractivity contribution is 5.81. The third-order valence-corrected chi connectivity index (χ3v) is 2.96. The fraction of sp³-hybridized carbons (Fsp3) is 0.267. The maximum Gasteiger partial charge on any atom is 0.237 e. The van der Waals surface area contributed by atoms with Crippen LogP contribution in [0.3, 0.4) is 0 Å². The number of rotatable bonds is 6. The Morgan fingerprint density at radius 1 is 1.25 bits per heavy atom. The molecule has 0 fully saturated rings. The molecule has 1 aromatic carbocycles. The lowest BCUT2D eigenvalue weighted by Gasteiger charge is -2.13. The minimum Gasteiger partial charge on any atom is -0.508 e. The molecule has 1 amide bonds. The van der Waals surface area contributed by atoms with E-state index < -0.39 is 0 Å². The van der Waals surface area contributed by atoms with Crippen molar-refractivity contribution in [2.45, 2.75) is 26.1 Å². The Kier molecular flexibility index (Phi) is 4.79. The summed E-state index contributed by atoms with van der Waals surface area (Å²) >= 11 is 0. The maximum atomic E-state index is 11.9. The van der Waals surface area contributed by atoms with E-state index in [2.05, 4.69) is 10.6 Å². The van der Waals surface area contributed by atoms with Crippen molar-refractivity contribution in [3.8, 4) is 5.75 Å². The van der Waals surface area contributed by atoms with Gasteiger partial charge < -0.3 is 20.2 Å². The molecule has 2 aromatic rings. The minimum atomic E-state index is -0.307. The zero-order chi connectivity index (χ0) is 14.4. The fourth-order valence-electron chi connectivity index (χ4n) is 1.72. The van der Waals surface area contributed by atoms with Crippen LogP contribution in [0.2, 0.25) is 0 Å². The molecule has 106 valence electrons. The third-order valence-electron chi connectivity index (χ3n) is 2.96. The second-order valence-corrected chi connectivity index (χ2v) is 4.57. The summed E-state index contributed by atoms with van der Waals surface area (Å²) in [6, 6.07) is 10.2. The van der Waals surface area contributed by atoms with Crippen LogP contribution >= 0.6 is 0 Å². The molecule has 0 aliphatic heterocycles. The van der Waals surface area contributed by atoms with Crippen molar-refractivity contribution in [3.63, 3.8) is 0 Å². The molecule has 0 saturated carbocycles. The van der Waals surface area contributed by atoms with E-state index in [-0.39, 0.29) is 17.7 Å². The molecule has 0 spiro atoms. The second-order valence-electron chi connectivity index (χ2n) is 4.57. The van der Waals surface area contributed by atoms with E-state index >= 15 is 0 Å². The molecule has 5 nitrogen and oxygen atoms in total. The van der Waals surface area contributed by atoms with Gasteiger partial charge in [-0.05, 0) is 36.8 Å². The molecule has 3 N–H and O–H groups in total. The number of phenolic OH excluding ortho intramolecular Hbond substituents is 1. The van der Waals surface area contributed by atoms with Crippen LogP contribution in [0.25, 0.3) is 0 Å². The summed E-state index contributed by atoms with van der Waals surface area (Å²) in [7, 11) is 0. The van der Waals surface area contributed by atoms with Gasteiger partial charge in [0.2, 0.25) is 5.91 Å². The van der Waals surface area contributed by atoms with E-state index in [4.69, 9.17) is 4.42 Å². The van der Waals surface area contributed by atoms with Crippen LogP contribution in [-0.4, -0.2) is 17.1 Å². The zero-order valence-electron chi connectivity index (χ0n) is 11.3. The van der Waals surface area contributed by atoms with Crippen LogP contribution in [0.15, 0.2) is 47.1 Å². The van der Waals surface area contributed by atoms with Gasteiger partial charge in [-0.25, -0.2) is 0 Å². The number of carbonyl (C=O) groups is 1. The predicted octanol–water partition coefficient (Wildman–Crippen LogP) is 1.78. The molecule has 0 bridgehead atoms. The van der Waals surface area contributed by atoms with Gasteiger partial charge in [-0.15, -0.1) is 0 Å². The van der Waals surface area contributed by atoms with E-state index in [1.54, 1.807) is 31.4 Å². The SMILES string of the molecule is CC(NCc1ccc(O)cc1)C(=O)NCc1ccco1. The lowest BCUT2D eigenvalue weighted by Crippen LogP contribution is -2.41. The first-order valence-electron chi connectivity index (χ1n) is 6.46. The summed E-state index contributed by atoms with van der Waals surface area (Å²) < 4.78 is 5.15. The number of benzene rings is 1. The Labute approximate surface area is 117 Å². The van der Waals surface area contributed by atoms with E-state index in [0.29, 0.717) is 13.1 Å². The number of aromatic hydroxyl groups is 1. The van der Waals surface area contributed by atoms with Gasteiger partial charge in [-0.3, -0.25) is 4.79 Å². The van der Waals surface area contributed by atoms with Crippen molar-refractivity contribution in [1.82, 2.24) is 10.6 Å². The highest BCUT2D eigenvalue weighted by Gasteiger charge is 2.12. The van der Waals surface area contributed by atoms with Gasteiger partial charge in [0.1, 0.15) is 11.5 Å². The maximum absolute atomic E-state index is 11.9. The lowest BCUT2D eigenvalue weighted by molar-refractivity contribution is -0.123. The van der Waals surface area contributed by atoms with Crippen LogP contribution in [0, 0.1) is 0 Å². The number of phenols is 1. The summed E-state index contributed by atoms with van der Waals surface area (Å²) in [5.41, 5.74) is 1.01. The minimum absolute atomic E-state index is 0.0832. The van der Waals surface area contributed by atoms with Crippen LogP contribution in [0.5, 0.6) is 5.75 Å². The molecule has 1 heterocycles. The molecule has 0 radical (unpaired) electrons. The summed E-state index contributed by atoms with van der Waals surface area (Å²) in [4.78, 5) is 11.9. The van der Waals surface area contributed by atoms with E-state index in [1.165, 1.54) is 0 Å². The molecule has 0 saturated heterocycles. The van der Waals surface area contributed by atoms with Crippen LogP contribution < -0.4 is 10.6 Å². The Hall–Kier alpha value is -2.27. The standard InChI is InChI=1S/C15H18N2O3/c1-11(15(19)17-10-14-3-2-8-20-14)16-9-12-4-6-13(18)7-5-12/h2-8,11,16,18H,9-10H2,1H3,(H,17,19). The van der Waals surface area contributed by atoms with Crippen molar-refractivity contribution in [2.75, 3.05) is 0 Å². The highest BCUT2D eigenvalue weighted by Crippen LogP contribution is 2.09. The van der Waals surface area contributed by atoms with Gasteiger partial charge in [-0.2, -0.15) is 0 Å². The zero-order valence-corrected chi connectivity index (χ0v) is 11.3. The molecule has 20 heavy (non-hydrogen) atoms. The van der Waals surface area contributed by atoms with Gasteiger partial charge >= 0.3 is 0 Å². The molecule has 1 unspecified atom stereocenters. The highest BCUT2D eigenvalue weighted by atomic mass is 16.3. The second kappa shape index (κ2) is 6.77. The molecule has 5 heteroatoms. The number of hydrogen-bond acceptors (Lipinski definition) is 4.